The zero-order valence-corrected chi connectivity index (χ0v) is 9.92. The fourth-order valence-corrected chi connectivity index (χ4v) is 1.69. The Morgan fingerprint density at radius 2 is 1.54 bits per heavy atom. The summed E-state index contributed by atoms with van der Waals surface area (Å²) in [7, 11) is 0. The van der Waals surface area contributed by atoms with Crippen LogP contribution in [0.2, 0.25) is 0 Å². The highest BCUT2D eigenvalue weighted by Gasteiger charge is 2.33. The molecule has 3 heteroatoms. The largest absolute Gasteiger partial charge is 0.279 e. The summed E-state index contributed by atoms with van der Waals surface area (Å²) in [6.07, 6.45) is 5.42. The molecular weight excluding hydrogens is 207 g/mol. The highest BCUT2D eigenvalue weighted by molar-refractivity contribution is 6.70. The molecule has 0 N–H and O–H groups in total. The van der Waals surface area contributed by atoms with Crippen molar-refractivity contribution in [2.24, 2.45) is 0 Å². The van der Waals surface area contributed by atoms with Gasteiger partial charge in [-0.05, 0) is 24.4 Å². The molecular formula is C10H18Cl2O. The molecule has 0 aromatic carbocycles. The minimum atomic E-state index is -0.798. The third-order valence-electron chi connectivity index (χ3n) is 2.21. The molecule has 0 aromatic rings. The second-order valence-corrected chi connectivity index (χ2v) is 4.51. The van der Waals surface area contributed by atoms with Crippen molar-refractivity contribution in [3.05, 3.63) is 0 Å². The van der Waals surface area contributed by atoms with Gasteiger partial charge in [-0.25, -0.2) is 0 Å². The molecule has 0 radical (unpaired) electrons. The lowest BCUT2D eigenvalue weighted by Gasteiger charge is -2.22. The van der Waals surface area contributed by atoms with E-state index in [4.69, 9.17) is 23.2 Å². The van der Waals surface area contributed by atoms with Gasteiger partial charge in [-0.1, -0.05) is 39.5 Å². The first kappa shape index (κ1) is 13.2. The van der Waals surface area contributed by atoms with Crippen molar-refractivity contribution in [3.8, 4) is 0 Å². The van der Waals surface area contributed by atoms with Crippen molar-refractivity contribution >= 4 is 28.4 Å². The average Bonchev–Trinajstić information content (AvgIpc) is 2.11. The molecule has 13 heavy (non-hydrogen) atoms. The van der Waals surface area contributed by atoms with Crippen LogP contribution in [0, 0.1) is 0 Å². The molecule has 0 saturated heterocycles. The summed E-state index contributed by atoms with van der Waals surface area (Å²) in [4.78, 5) is 10.3. The van der Waals surface area contributed by atoms with Gasteiger partial charge in [0.25, 0.3) is 0 Å². The normalized spacial score (nSPS) is 11.7. The predicted octanol–water partition coefficient (Wildman–Crippen LogP) is 4.11. The quantitative estimate of drug-likeness (QED) is 0.470. The summed E-state index contributed by atoms with van der Waals surface area (Å²) in [5.74, 6) is 0. The molecule has 0 aliphatic rings. The van der Waals surface area contributed by atoms with Gasteiger partial charge in [-0.15, -0.1) is 11.6 Å². The van der Waals surface area contributed by atoms with Gasteiger partial charge >= 0.3 is 0 Å². The fourth-order valence-electron chi connectivity index (χ4n) is 1.24. The van der Waals surface area contributed by atoms with Crippen LogP contribution in [0.15, 0.2) is 0 Å². The number of carbonyl (C=O) groups is 1. The second kappa shape index (κ2) is 6.67. The number of rotatable bonds is 7. The maximum absolute atomic E-state index is 11.1. The number of carbonyl (C=O) groups excluding carboxylic acids is 1. The van der Waals surface area contributed by atoms with Crippen LogP contribution in [0.4, 0.5) is 0 Å². The van der Waals surface area contributed by atoms with Crippen molar-refractivity contribution in [2.45, 2.75) is 57.2 Å². The summed E-state index contributed by atoms with van der Waals surface area (Å²) in [6, 6.07) is 0. The fraction of sp³-hybridized carbons (Fsp3) is 0.900. The smallest absolute Gasteiger partial charge is 0.242 e. The van der Waals surface area contributed by atoms with E-state index in [9.17, 15) is 4.79 Å². The van der Waals surface area contributed by atoms with E-state index in [-0.39, 0.29) is 0 Å². The number of hydrogen-bond donors (Lipinski definition) is 0. The Hall–Kier alpha value is 0.250. The Balaban J connectivity index is 4.08. The third-order valence-corrected chi connectivity index (χ3v) is 3.21. The standard InChI is InChI=1S/C10H18Cl2O/c1-3-5-7-10(12,9(11)13)8-6-4-2/h3-8H2,1-2H3. The van der Waals surface area contributed by atoms with Gasteiger partial charge in [0.15, 0.2) is 0 Å². The number of halogens is 2. The Bertz CT molecular complexity index is 149. The summed E-state index contributed by atoms with van der Waals surface area (Å²) in [5, 5.41) is -0.393. The summed E-state index contributed by atoms with van der Waals surface area (Å²) in [5.41, 5.74) is 0. The highest BCUT2D eigenvalue weighted by atomic mass is 35.5. The van der Waals surface area contributed by atoms with Gasteiger partial charge in [0, 0.05) is 0 Å². The minimum absolute atomic E-state index is 0.393. The molecule has 1 nitrogen and oxygen atoms in total. The van der Waals surface area contributed by atoms with Crippen LogP contribution in [-0.4, -0.2) is 10.1 Å². The van der Waals surface area contributed by atoms with E-state index >= 15 is 0 Å². The van der Waals surface area contributed by atoms with Crippen LogP contribution in [0.1, 0.15) is 52.4 Å². The molecule has 78 valence electrons. The monoisotopic (exact) mass is 224 g/mol. The topological polar surface area (TPSA) is 17.1 Å². The zero-order valence-electron chi connectivity index (χ0n) is 8.41. The molecule has 0 spiro atoms. The van der Waals surface area contributed by atoms with Crippen LogP contribution in [0.3, 0.4) is 0 Å². The Labute approximate surface area is 90.8 Å². The summed E-state index contributed by atoms with van der Waals surface area (Å²) >= 11 is 11.6. The molecule has 0 bridgehead atoms. The lowest BCUT2D eigenvalue weighted by Crippen LogP contribution is -2.28. The molecule has 0 aliphatic heterocycles. The molecule has 0 amide bonds. The molecule has 0 rings (SSSR count). The van der Waals surface area contributed by atoms with Crippen molar-refractivity contribution in [1.29, 1.82) is 0 Å². The molecule has 0 atom stereocenters. The van der Waals surface area contributed by atoms with Crippen LogP contribution >= 0.6 is 23.2 Å². The zero-order chi connectivity index (χ0) is 10.3. The molecule has 0 fully saturated rings. The van der Waals surface area contributed by atoms with Crippen molar-refractivity contribution in [3.63, 3.8) is 0 Å². The molecule has 0 saturated carbocycles. The molecule has 0 aliphatic carbocycles. The van der Waals surface area contributed by atoms with Crippen molar-refractivity contribution in [1.82, 2.24) is 0 Å². The van der Waals surface area contributed by atoms with Gasteiger partial charge in [0.05, 0.1) is 0 Å². The number of unbranched alkanes of at least 4 members (excludes halogenated alkanes) is 2. The van der Waals surface area contributed by atoms with Gasteiger partial charge in [0.1, 0.15) is 4.87 Å². The van der Waals surface area contributed by atoms with E-state index in [1.807, 2.05) is 0 Å². The van der Waals surface area contributed by atoms with Crippen LogP contribution in [-0.2, 0) is 4.79 Å². The SMILES string of the molecule is CCCCC(Cl)(CCCC)C(=O)Cl. The van der Waals surface area contributed by atoms with E-state index < -0.39 is 10.1 Å². The predicted molar refractivity (Wildman–Crippen MR) is 58.5 cm³/mol. The number of hydrogen-bond acceptors (Lipinski definition) is 1. The lowest BCUT2D eigenvalue weighted by molar-refractivity contribution is -0.114. The summed E-state index contributed by atoms with van der Waals surface area (Å²) < 4.78 is 0. The van der Waals surface area contributed by atoms with E-state index in [0.29, 0.717) is 12.8 Å². The first-order valence-corrected chi connectivity index (χ1v) is 5.71. The van der Waals surface area contributed by atoms with E-state index in [1.54, 1.807) is 0 Å². The first-order chi connectivity index (χ1) is 6.06. The van der Waals surface area contributed by atoms with Crippen LogP contribution < -0.4 is 0 Å². The van der Waals surface area contributed by atoms with Gasteiger partial charge in [-0.3, -0.25) is 4.79 Å². The number of alkyl halides is 1. The molecule has 0 heterocycles. The van der Waals surface area contributed by atoms with E-state index in [2.05, 4.69) is 13.8 Å². The highest BCUT2D eigenvalue weighted by Crippen LogP contribution is 2.31. The molecule has 0 aromatic heterocycles. The van der Waals surface area contributed by atoms with Gasteiger partial charge in [-0.2, -0.15) is 0 Å². The Morgan fingerprint density at radius 3 is 1.77 bits per heavy atom. The first-order valence-electron chi connectivity index (χ1n) is 4.95. The second-order valence-electron chi connectivity index (χ2n) is 3.45. The van der Waals surface area contributed by atoms with Crippen LogP contribution in [0.5, 0.6) is 0 Å². The van der Waals surface area contributed by atoms with E-state index in [1.165, 1.54) is 0 Å². The maximum Gasteiger partial charge on any atom is 0.242 e. The maximum atomic E-state index is 11.1. The molecule has 0 unspecified atom stereocenters. The van der Waals surface area contributed by atoms with Crippen LogP contribution in [0.25, 0.3) is 0 Å². The lowest BCUT2D eigenvalue weighted by atomic mass is 9.96. The van der Waals surface area contributed by atoms with Gasteiger partial charge < -0.3 is 0 Å². The van der Waals surface area contributed by atoms with E-state index in [0.717, 1.165) is 25.7 Å². The summed E-state index contributed by atoms with van der Waals surface area (Å²) in [6.45, 7) is 4.16. The van der Waals surface area contributed by atoms with Crippen molar-refractivity contribution < 1.29 is 4.79 Å². The Kier molecular flexibility index (Phi) is 6.79. The third kappa shape index (κ3) is 4.87. The van der Waals surface area contributed by atoms with Crippen molar-refractivity contribution in [2.75, 3.05) is 0 Å². The Morgan fingerprint density at radius 1 is 1.15 bits per heavy atom. The average molecular weight is 225 g/mol. The minimum Gasteiger partial charge on any atom is -0.279 e. The van der Waals surface area contributed by atoms with Gasteiger partial charge in [0.2, 0.25) is 5.24 Å².